The smallest absolute Gasteiger partial charge is 0.309 e. The van der Waals surface area contributed by atoms with Crippen molar-refractivity contribution in [2.75, 3.05) is 13.2 Å². The highest BCUT2D eigenvalue weighted by Crippen LogP contribution is 2.45. The van der Waals surface area contributed by atoms with Gasteiger partial charge in [-0.3, -0.25) is 0 Å². The highest BCUT2D eigenvalue weighted by atomic mass is 19.2. The van der Waals surface area contributed by atoms with E-state index >= 15 is 0 Å². The number of hydrogen-bond acceptors (Lipinski definition) is 3. The molecule has 0 bridgehead atoms. The predicted octanol–water partition coefficient (Wildman–Crippen LogP) is 4.64. The Labute approximate surface area is 151 Å². The number of rotatable bonds is 3. The molecule has 3 rings (SSSR count). The van der Waals surface area contributed by atoms with Crippen molar-refractivity contribution in [2.45, 2.75) is 45.5 Å². The number of halogens is 3. The van der Waals surface area contributed by atoms with Gasteiger partial charge in [-0.2, -0.15) is 0 Å². The molecule has 0 unspecified atom stereocenters. The largest absolute Gasteiger partial charge is 0.339 e. The molecule has 0 radical (unpaired) electrons. The predicted molar refractivity (Wildman–Crippen MR) is 90.5 cm³/mol. The van der Waals surface area contributed by atoms with E-state index in [4.69, 9.17) is 9.47 Å². The van der Waals surface area contributed by atoms with Gasteiger partial charge in [0, 0.05) is 11.0 Å². The minimum atomic E-state index is -2.27. The number of aliphatic hydroxyl groups is 1. The van der Waals surface area contributed by atoms with Gasteiger partial charge in [-0.25, -0.2) is 13.2 Å². The summed E-state index contributed by atoms with van der Waals surface area (Å²) in [6.07, 6.45) is 8.60. The quantitative estimate of drug-likeness (QED) is 0.622. The molecule has 1 saturated carbocycles. The van der Waals surface area contributed by atoms with Crippen LogP contribution in [-0.2, 0) is 15.4 Å². The average Bonchev–Trinajstić information content (AvgIpc) is 2.63. The Morgan fingerprint density at radius 2 is 1.58 bits per heavy atom. The van der Waals surface area contributed by atoms with Crippen molar-refractivity contribution in [2.24, 2.45) is 17.3 Å². The van der Waals surface area contributed by atoms with E-state index in [1.54, 1.807) is 0 Å². The second-order valence-corrected chi connectivity index (χ2v) is 7.70. The zero-order valence-corrected chi connectivity index (χ0v) is 15.1. The van der Waals surface area contributed by atoms with Gasteiger partial charge in [0.1, 0.15) is 0 Å². The van der Waals surface area contributed by atoms with Crippen molar-refractivity contribution in [1.82, 2.24) is 0 Å². The molecular formula is C20H25F3O3. The summed E-state index contributed by atoms with van der Waals surface area (Å²) in [7, 11) is 0. The highest BCUT2D eigenvalue weighted by Gasteiger charge is 2.47. The van der Waals surface area contributed by atoms with Gasteiger partial charge in [0.05, 0.1) is 13.2 Å². The van der Waals surface area contributed by atoms with Crippen LogP contribution in [0.15, 0.2) is 24.3 Å². The van der Waals surface area contributed by atoms with Gasteiger partial charge in [-0.1, -0.05) is 19.1 Å². The first-order valence-electron chi connectivity index (χ1n) is 9.05. The van der Waals surface area contributed by atoms with Crippen LogP contribution >= 0.6 is 0 Å². The van der Waals surface area contributed by atoms with Crippen molar-refractivity contribution in [1.29, 1.82) is 0 Å². The summed E-state index contributed by atoms with van der Waals surface area (Å²) in [4.78, 5) is 0. The van der Waals surface area contributed by atoms with Crippen LogP contribution in [-0.4, -0.2) is 18.3 Å². The number of ether oxygens (including phenoxy) is 2. The topological polar surface area (TPSA) is 38.7 Å². The second-order valence-electron chi connectivity index (χ2n) is 7.70. The van der Waals surface area contributed by atoms with E-state index in [1.165, 1.54) is 0 Å². The molecule has 6 heteroatoms. The molecule has 2 aliphatic rings. The van der Waals surface area contributed by atoms with Crippen LogP contribution < -0.4 is 0 Å². The lowest BCUT2D eigenvalue weighted by Crippen LogP contribution is -2.50. The molecule has 144 valence electrons. The summed E-state index contributed by atoms with van der Waals surface area (Å²) in [5.41, 5.74) is -0.572. The second kappa shape index (κ2) is 7.33. The van der Waals surface area contributed by atoms with Crippen molar-refractivity contribution >= 4 is 0 Å². The molecule has 2 fully saturated rings. The molecule has 1 heterocycles. The molecule has 0 amide bonds. The van der Waals surface area contributed by atoms with Crippen LogP contribution in [0, 0.1) is 34.7 Å². The molecular weight excluding hydrogens is 345 g/mol. The average molecular weight is 370 g/mol. The van der Waals surface area contributed by atoms with Crippen LogP contribution in [0.4, 0.5) is 13.2 Å². The first-order chi connectivity index (χ1) is 12.3. The highest BCUT2D eigenvalue weighted by molar-refractivity contribution is 5.22. The Balaban J connectivity index is 1.68. The molecule has 1 aliphatic heterocycles. The van der Waals surface area contributed by atoms with Crippen LogP contribution in [0.3, 0.4) is 0 Å². The van der Waals surface area contributed by atoms with Gasteiger partial charge >= 0.3 is 5.97 Å². The van der Waals surface area contributed by atoms with E-state index in [0.717, 1.165) is 25.7 Å². The Morgan fingerprint density at radius 1 is 1.04 bits per heavy atom. The Morgan fingerprint density at radius 3 is 2.08 bits per heavy atom. The fraction of sp³-hybridized carbons (Fsp3) is 0.600. The molecule has 3 nitrogen and oxygen atoms in total. The lowest BCUT2D eigenvalue weighted by atomic mass is 9.68. The first-order valence-corrected chi connectivity index (χ1v) is 9.05. The van der Waals surface area contributed by atoms with Gasteiger partial charge in [0.2, 0.25) is 0 Å². The molecule has 1 N–H and O–H groups in total. The van der Waals surface area contributed by atoms with Gasteiger partial charge in [0.25, 0.3) is 0 Å². The zero-order valence-electron chi connectivity index (χ0n) is 15.1. The molecule has 0 aromatic heterocycles. The fourth-order valence-corrected chi connectivity index (χ4v) is 4.03. The normalized spacial score (nSPS) is 35.8. The van der Waals surface area contributed by atoms with Crippen LogP contribution in [0.25, 0.3) is 0 Å². The summed E-state index contributed by atoms with van der Waals surface area (Å²) in [6, 6.07) is 1.40. The van der Waals surface area contributed by atoms with Gasteiger partial charge < -0.3 is 14.6 Å². The third kappa shape index (κ3) is 3.68. The van der Waals surface area contributed by atoms with E-state index in [0.29, 0.717) is 24.0 Å². The van der Waals surface area contributed by atoms with E-state index in [9.17, 15) is 18.3 Å². The van der Waals surface area contributed by atoms with Crippen LogP contribution in [0.2, 0.25) is 0 Å². The summed E-state index contributed by atoms with van der Waals surface area (Å²) in [5, 5.41) is 10.5. The molecule has 1 aromatic carbocycles. The van der Waals surface area contributed by atoms with Gasteiger partial charge in [0.15, 0.2) is 17.5 Å². The van der Waals surface area contributed by atoms with E-state index in [2.05, 4.69) is 12.2 Å². The first kappa shape index (κ1) is 19.4. The van der Waals surface area contributed by atoms with Crippen molar-refractivity contribution < 1.29 is 27.8 Å². The summed E-state index contributed by atoms with van der Waals surface area (Å²) in [6.45, 7) is 4.46. The number of hydrogen-bond donors (Lipinski definition) is 1. The van der Waals surface area contributed by atoms with Crippen molar-refractivity contribution in [3.63, 3.8) is 0 Å². The molecule has 0 spiro atoms. The van der Waals surface area contributed by atoms with E-state index in [-0.39, 0.29) is 24.2 Å². The SMILES string of the molecule is C/C=C/C1CCC(C2(C)COC(O)(c3cc(F)c(F)c(F)c3)OC2)CC1. The minimum Gasteiger partial charge on any atom is -0.339 e. The van der Waals surface area contributed by atoms with Crippen molar-refractivity contribution in [3.05, 3.63) is 47.3 Å². The standard InChI is InChI=1S/C20H25F3O3/c1-3-4-13-5-7-14(8-6-13)19(2)11-25-20(24,26-12-19)15-9-16(21)18(23)17(22)10-15/h3-4,9-10,13-14,24H,5-8,11-12H2,1-2H3/b4-3+. The molecule has 26 heavy (non-hydrogen) atoms. The Kier molecular flexibility index (Phi) is 5.47. The molecule has 1 aromatic rings. The monoisotopic (exact) mass is 370 g/mol. The Bertz CT molecular complexity index is 650. The molecule has 1 aliphatic carbocycles. The van der Waals surface area contributed by atoms with E-state index < -0.39 is 23.4 Å². The van der Waals surface area contributed by atoms with Crippen molar-refractivity contribution in [3.8, 4) is 0 Å². The molecule has 1 saturated heterocycles. The van der Waals surface area contributed by atoms with Gasteiger partial charge in [-0.15, -0.1) is 0 Å². The maximum atomic E-state index is 13.5. The fourth-order valence-electron chi connectivity index (χ4n) is 4.03. The third-order valence-electron chi connectivity index (χ3n) is 5.77. The number of allylic oxidation sites excluding steroid dienone is 2. The molecule has 0 atom stereocenters. The summed E-state index contributed by atoms with van der Waals surface area (Å²) < 4.78 is 51.1. The lowest BCUT2D eigenvalue weighted by molar-refractivity contribution is -0.419. The lowest BCUT2D eigenvalue weighted by Gasteiger charge is -2.47. The van der Waals surface area contributed by atoms with Crippen LogP contribution in [0.1, 0.15) is 45.1 Å². The maximum absolute atomic E-state index is 13.5. The van der Waals surface area contributed by atoms with Gasteiger partial charge in [-0.05, 0) is 56.6 Å². The maximum Gasteiger partial charge on any atom is 0.309 e. The van der Waals surface area contributed by atoms with E-state index in [1.807, 2.05) is 13.8 Å². The minimum absolute atomic E-state index is 0.197. The number of benzene rings is 1. The third-order valence-corrected chi connectivity index (χ3v) is 5.77. The summed E-state index contributed by atoms with van der Waals surface area (Å²) >= 11 is 0. The zero-order chi connectivity index (χ0) is 18.9. The summed E-state index contributed by atoms with van der Waals surface area (Å²) in [5.74, 6) is -5.65. The van der Waals surface area contributed by atoms with Crippen LogP contribution in [0.5, 0.6) is 0 Å². The Hall–Kier alpha value is -1.37.